The number of amides is 1. The van der Waals surface area contributed by atoms with Gasteiger partial charge in [-0.3, -0.25) is 14.4 Å². The zero-order valence-electron chi connectivity index (χ0n) is 20.3. The number of rotatable bonds is 7. The first-order valence-electron chi connectivity index (χ1n) is 11.6. The number of methoxy groups -OCH3 is 2. The predicted molar refractivity (Wildman–Crippen MR) is 137 cm³/mol. The Morgan fingerprint density at radius 3 is 2.32 bits per heavy atom. The van der Waals surface area contributed by atoms with E-state index in [0.717, 1.165) is 0 Å². The molecule has 0 spiro atoms. The Morgan fingerprint density at radius 2 is 1.59 bits per heavy atom. The SMILES string of the molecule is COc1ccc(C(=O)c2cn(CC(=O)Nc3ccc4c(c3)OCCO4)c3ccc(OC)cc3c2=O)cc1. The van der Waals surface area contributed by atoms with E-state index in [1.165, 1.54) is 20.4 Å². The van der Waals surface area contributed by atoms with Gasteiger partial charge in [0, 0.05) is 23.5 Å². The summed E-state index contributed by atoms with van der Waals surface area (Å²) >= 11 is 0. The van der Waals surface area contributed by atoms with Crippen LogP contribution in [0.2, 0.25) is 0 Å². The molecule has 1 aromatic heterocycles. The first kappa shape index (κ1) is 23.9. The number of fused-ring (bicyclic) bond motifs is 2. The lowest BCUT2D eigenvalue weighted by Gasteiger charge is -2.19. The number of nitrogens with one attached hydrogen (secondary N) is 1. The van der Waals surface area contributed by atoms with E-state index in [1.807, 2.05) is 0 Å². The van der Waals surface area contributed by atoms with Crippen LogP contribution in [0.25, 0.3) is 10.9 Å². The molecule has 1 aliphatic rings. The van der Waals surface area contributed by atoms with Crippen LogP contribution in [0.1, 0.15) is 15.9 Å². The molecule has 1 amide bonds. The van der Waals surface area contributed by atoms with Gasteiger partial charge in [-0.2, -0.15) is 0 Å². The molecule has 188 valence electrons. The van der Waals surface area contributed by atoms with Crippen LogP contribution < -0.4 is 29.7 Å². The van der Waals surface area contributed by atoms with Crippen molar-refractivity contribution in [1.29, 1.82) is 0 Å². The van der Waals surface area contributed by atoms with Gasteiger partial charge in [0.05, 0.1) is 30.7 Å². The molecule has 0 unspecified atom stereocenters. The van der Waals surface area contributed by atoms with Crippen molar-refractivity contribution in [2.75, 3.05) is 32.8 Å². The van der Waals surface area contributed by atoms with Crippen molar-refractivity contribution in [1.82, 2.24) is 4.57 Å². The van der Waals surface area contributed by atoms with Crippen LogP contribution in [0.4, 0.5) is 5.69 Å². The predicted octanol–water partition coefficient (Wildman–Crippen LogP) is 3.66. The van der Waals surface area contributed by atoms with E-state index in [4.69, 9.17) is 18.9 Å². The smallest absolute Gasteiger partial charge is 0.244 e. The number of hydrogen-bond donors (Lipinski definition) is 1. The van der Waals surface area contributed by atoms with Crippen molar-refractivity contribution < 1.29 is 28.5 Å². The summed E-state index contributed by atoms with van der Waals surface area (Å²) < 4.78 is 23.1. The maximum absolute atomic E-state index is 13.4. The van der Waals surface area contributed by atoms with E-state index < -0.39 is 11.2 Å². The fraction of sp³-hybridized carbons (Fsp3) is 0.179. The van der Waals surface area contributed by atoms with Crippen molar-refractivity contribution in [2.45, 2.75) is 6.54 Å². The van der Waals surface area contributed by atoms with Crippen molar-refractivity contribution in [3.63, 3.8) is 0 Å². The van der Waals surface area contributed by atoms with Crippen LogP contribution in [-0.2, 0) is 11.3 Å². The lowest BCUT2D eigenvalue weighted by molar-refractivity contribution is -0.116. The third kappa shape index (κ3) is 4.84. The minimum atomic E-state index is -0.460. The van der Waals surface area contributed by atoms with E-state index in [2.05, 4.69) is 5.32 Å². The largest absolute Gasteiger partial charge is 0.497 e. The second-order valence-electron chi connectivity index (χ2n) is 8.35. The highest BCUT2D eigenvalue weighted by atomic mass is 16.6. The summed E-state index contributed by atoms with van der Waals surface area (Å²) in [6.45, 7) is 0.767. The Balaban J connectivity index is 1.50. The van der Waals surface area contributed by atoms with Crippen LogP contribution >= 0.6 is 0 Å². The van der Waals surface area contributed by atoms with Gasteiger partial charge in [0.25, 0.3) is 0 Å². The molecule has 0 bridgehead atoms. The second-order valence-corrected chi connectivity index (χ2v) is 8.35. The molecule has 9 heteroatoms. The quantitative estimate of drug-likeness (QED) is 0.386. The van der Waals surface area contributed by atoms with E-state index in [9.17, 15) is 14.4 Å². The average Bonchev–Trinajstić information content (AvgIpc) is 2.94. The molecule has 3 aromatic carbocycles. The van der Waals surface area contributed by atoms with Gasteiger partial charge in [-0.25, -0.2) is 0 Å². The number of anilines is 1. The summed E-state index contributed by atoms with van der Waals surface area (Å²) in [4.78, 5) is 39.7. The highest BCUT2D eigenvalue weighted by Gasteiger charge is 2.19. The van der Waals surface area contributed by atoms with E-state index in [-0.39, 0.29) is 23.4 Å². The number of ether oxygens (including phenoxy) is 4. The molecule has 0 fully saturated rings. The normalized spacial score (nSPS) is 12.2. The van der Waals surface area contributed by atoms with Crippen molar-refractivity contribution in [3.8, 4) is 23.0 Å². The molecular weight excluding hydrogens is 476 g/mol. The van der Waals surface area contributed by atoms with Gasteiger partial charge in [-0.05, 0) is 54.6 Å². The monoisotopic (exact) mass is 500 g/mol. The van der Waals surface area contributed by atoms with Gasteiger partial charge in [-0.15, -0.1) is 0 Å². The number of benzene rings is 3. The Kier molecular flexibility index (Phi) is 6.51. The minimum Gasteiger partial charge on any atom is -0.497 e. The first-order valence-corrected chi connectivity index (χ1v) is 11.6. The average molecular weight is 501 g/mol. The summed E-state index contributed by atoms with van der Waals surface area (Å²) in [7, 11) is 3.02. The first-order chi connectivity index (χ1) is 18.0. The highest BCUT2D eigenvalue weighted by molar-refractivity contribution is 6.10. The maximum atomic E-state index is 13.4. The molecule has 1 aliphatic heterocycles. The maximum Gasteiger partial charge on any atom is 0.244 e. The molecule has 4 aromatic rings. The Morgan fingerprint density at radius 1 is 0.892 bits per heavy atom. The lowest BCUT2D eigenvalue weighted by atomic mass is 10.0. The van der Waals surface area contributed by atoms with Crippen LogP contribution in [0, 0.1) is 0 Å². The zero-order valence-corrected chi connectivity index (χ0v) is 20.3. The summed E-state index contributed by atoms with van der Waals surface area (Å²) in [5.41, 5.74) is 0.855. The summed E-state index contributed by atoms with van der Waals surface area (Å²) in [6, 6.07) is 16.6. The summed E-state index contributed by atoms with van der Waals surface area (Å²) in [6.07, 6.45) is 1.42. The number of pyridine rings is 1. The molecule has 2 heterocycles. The van der Waals surface area contributed by atoms with Crippen LogP contribution in [0.5, 0.6) is 23.0 Å². The number of carbonyl (C=O) groups excluding carboxylic acids is 2. The molecule has 0 atom stereocenters. The van der Waals surface area contributed by atoms with Gasteiger partial charge >= 0.3 is 0 Å². The van der Waals surface area contributed by atoms with Gasteiger partial charge in [-0.1, -0.05) is 0 Å². The van der Waals surface area contributed by atoms with Gasteiger partial charge in [0.15, 0.2) is 17.3 Å². The number of nitrogens with zero attached hydrogens (tertiary/aromatic N) is 1. The fourth-order valence-corrected chi connectivity index (χ4v) is 4.17. The van der Waals surface area contributed by atoms with Crippen molar-refractivity contribution in [3.05, 3.63) is 88.2 Å². The lowest BCUT2D eigenvalue weighted by Crippen LogP contribution is -2.24. The Hall–Kier alpha value is -4.79. The molecular formula is C28H24N2O7. The molecule has 1 N–H and O–H groups in total. The van der Waals surface area contributed by atoms with Crippen molar-refractivity contribution in [2.24, 2.45) is 0 Å². The summed E-state index contributed by atoms with van der Waals surface area (Å²) in [5, 5.41) is 3.11. The topological polar surface area (TPSA) is 105 Å². The Labute approximate surface area is 212 Å². The number of carbonyl (C=O) groups is 2. The van der Waals surface area contributed by atoms with Gasteiger partial charge in [0.1, 0.15) is 31.3 Å². The van der Waals surface area contributed by atoms with Gasteiger partial charge in [0.2, 0.25) is 11.3 Å². The highest BCUT2D eigenvalue weighted by Crippen LogP contribution is 2.32. The second kappa shape index (κ2) is 10.1. The van der Waals surface area contributed by atoms with Crippen molar-refractivity contribution >= 4 is 28.3 Å². The molecule has 9 nitrogen and oxygen atoms in total. The third-order valence-corrected chi connectivity index (χ3v) is 6.02. The van der Waals surface area contributed by atoms with Crippen LogP contribution in [-0.4, -0.2) is 43.7 Å². The Bertz CT molecular complexity index is 1560. The minimum absolute atomic E-state index is 0.0574. The summed E-state index contributed by atoms with van der Waals surface area (Å²) in [5.74, 6) is 1.42. The van der Waals surface area contributed by atoms with E-state index in [0.29, 0.717) is 53.0 Å². The van der Waals surface area contributed by atoms with Crippen LogP contribution in [0.15, 0.2) is 71.7 Å². The van der Waals surface area contributed by atoms with Crippen LogP contribution in [0.3, 0.4) is 0 Å². The molecule has 0 radical (unpaired) electrons. The standard InChI is InChI=1S/C28H24N2O7/c1-34-19-6-3-17(4-7-19)27(32)22-15-30(23-9-8-20(35-2)14-21(23)28(22)33)16-26(31)29-18-5-10-24-25(13-18)37-12-11-36-24/h3-10,13-15H,11-12,16H2,1-2H3,(H,29,31). The molecule has 0 saturated carbocycles. The molecule has 0 aliphatic carbocycles. The molecule has 37 heavy (non-hydrogen) atoms. The van der Waals surface area contributed by atoms with Gasteiger partial charge < -0.3 is 28.8 Å². The number of aromatic nitrogens is 1. The zero-order chi connectivity index (χ0) is 25.9. The van der Waals surface area contributed by atoms with E-state index >= 15 is 0 Å². The number of hydrogen-bond acceptors (Lipinski definition) is 7. The third-order valence-electron chi connectivity index (χ3n) is 6.02. The fourth-order valence-electron chi connectivity index (χ4n) is 4.17. The molecule has 0 saturated heterocycles. The number of ketones is 1. The van der Waals surface area contributed by atoms with E-state index in [1.54, 1.807) is 65.2 Å². The molecule has 5 rings (SSSR count).